The number of hydrogen-bond donors (Lipinski definition) is 0. The van der Waals surface area contributed by atoms with Crippen molar-refractivity contribution in [3.8, 4) is 0 Å². The molecule has 0 bridgehead atoms. The van der Waals surface area contributed by atoms with Crippen molar-refractivity contribution in [1.29, 1.82) is 0 Å². The first-order valence-corrected chi connectivity index (χ1v) is 5.57. The number of rotatable bonds is 3. The van der Waals surface area contributed by atoms with Gasteiger partial charge < -0.3 is 9.39 Å². The Bertz CT molecular complexity index is 270. The maximum Gasteiger partial charge on any atom is 0.410 e. The second-order valence-electron chi connectivity index (χ2n) is 4.35. The summed E-state index contributed by atoms with van der Waals surface area (Å²) in [5, 5.41) is 0. The van der Waals surface area contributed by atoms with E-state index in [1.807, 2.05) is 13.8 Å². The van der Waals surface area contributed by atoms with Crippen LogP contribution in [0.4, 0.5) is 4.79 Å². The van der Waals surface area contributed by atoms with Crippen molar-refractivity contribution in [1.82, 2.24) is 4.90 Å². The lowest BCUT2D eigenvalue weighted by Gasteiger charge is -2.22. The lowest BCUT2D eigenvalue weighted by Crippen LogP contribution is -2.41. The number of nitrogens with zero attached hydrogens (tertiary/aromatic N) is 1. The number of likely N-dealkylation sites (tertiary alicyclic amines) is 1. The summed E-state index contributed by atoms with van der Waals surface area (Å²) >= 11 is 0. The van der Waals surface area contributed by atoms with Gasteiger partial charge in [0.05, 0.1) is 6.61 Å². The number of hydrogen-bond acceptors (Lipinski definition) is 4. The topological polar surface area (TPSA) is 55.8 Å². The SMILES string of the molecule is BOC(=O)[C@@H]1CCCN1C(=O)OCC(C)C. The minimum atomic E-state index is -0.468. The fourth-order valence-corrected chi connectivity index (χ4v) is 1.69. The quantitative estimate of drug-likeness (QED) is 0.652. The molecule has 0 aliphatic carbocycles. The zero-order chi connectivity index (χ0) is 12.1. The second kappa shape index (κ2) is 5.77. The van der Waals surface area contributed by atoms with Gasteiger partial charge >= 0.3 is 20.1 Å². The summed E-state index contributed by atoms with van der Waals surface area (Å²) in [6.07, 6.45) is 1.06. The molecule has 1 rings (SSSR count). The van der Waals surface area contributed by atoms with Crippen molar-refractivity contribution in [3.05, 3.63) is 0 Å². The maximum absolute atomic E-state index is 11.7. The third-order valence-electron chi connectivity index (χ3n) is 2.50. The van der Waals surface area contributed by atoms with E-state index in [1.165, 1.54) is 12.9 Å². The molecule has 0 aromatic heterocycles. The van der Waals surface area contributed by atoms with Crippen LogP contribution in [0.15, 0.2) is 0 Å². The number of amides is 1. The molecule has 1 fully saturated rings. The largest absolute Gasteiger partial charge is 0.542 e. The van der Waals surface area contributed by atoms with E-state index < -0.39 is 12.1 Å². The van der Waals surface area contributed by atoms with Crippen LogP contribution in [0.3, 0.4) is 0 Å². The molecule has 1 saturated heterocycles. The van der Waals surface area contributed by atoms with Crippen molar-refractivity contribution < 1.29 is 19.0 Å². The fourth-order valence-electron chi connectivity index (χ4n) is 1.69. The monoisotopic (exact) mass is 227 g/mol. The number of carbonyl (C=O) groups is 2. The van der Waals surface area contributed by atoms with E-state index in [0.29, 0.717) is 25.5 Å². The first kappa shape index (κ1) is 12.9. The standard InChI is InChI=1S/C10H18BNO4/c1-7(2)6-15-10(14)12-5-3-4-8(12)9(13)16-11/h7-8H,3-6,11H2,1-2H3/t8-/m0/s1. The Labute approximate surface area is 96.5 Å². The molecule has 6 heteroatoms. The van der Waals surface area contributed by atoms with Gasteiger partial charge in [0.25, 0.3) is 0 Å². The average molecular weight is 227 g/mol. The zero-order valence-corrected chi connectivity index (χ0v) is 10.1. The summed E-state index contributed by atoms with van der Waals surface area (Å²) in [4.78, 5) is 24.5. The van der Waals surface area contributed by atoms with Crippen LogP contribution in [0.1, 0.15) is 26.7 Å². The first-order valence-electron chi connectivity index (χ1n) is 5.57. The van der Waals surface area contributed by atoms with Crippen molar-refractivity contribution >= 4 is 20.1 Å². The molecular weight excluding hydrogens is 209 g/mol. The van der Waals surface area contributed by atoms with Gasteiger partial charge in [0.15, 0.2) is 0 Å². The van der Waals surface area contributed by atoms with E-state index in [0.717, 1.165) is 6.42 Å². The highest BCUT2D eigenvalue weighted by Crippen LogP contribution is 2.19. The van der Waals surface area contributed by atoms with Crippen molar-refractivity contribution in [2.24, 2.45) is 5.92 Å². The van der Waals surface area contributed by atoms with Crippen molar-refractivity contribution in [2.45, 2.75) is 32.7 Å². The van der Waals surface area contributed by atoms with Gasteiger partial charge in [0.1, 0.15) is 6.04 Å². The Balaban J connectivity index is 2.51. The molecule has 0 aromatic rings. The van der Waals surface area contributed by atoms with Gasteiger partial charge in [-0.2, -0.15) is 0 Å². The Morgan fingerprint density at radius 2 is 2.19 bits per heavy atom. The van der Waals surface area contributed by atoms with Crippen LogP contribution >= 0.6 is 0 Å². The highest BCUT2D eigenvalue weighted by molar-refractivity contribution is 6.06. The highest BCUT2D eigenvalue weighted by atomic mass is 16.6. The Morgan fingerprint density at radius 1 is 1.50 bits per heavy atom. The molecule has 0 spiro atoms. The lowest BCUT2D eigenvalue weighted by atomic mass is 10.2. The summed E-state index contributed by atoms with van der Waals surface area (Å²) in [6, 6.07) is -0.468. The molecule has 1 heterocycles. The predicted octanol–water partition coefficient (Wildman–Crippen LogP) is 0.335. The molecule has 5 nitrogen and oxygen atoms in total. The van der Waals surface area contributed by atoms with Crippen LogP contribution < -0.4 is 0 Å². The van der Waals surface area contributed by atoms with Crippen LogP contribution in [0.5, 0.6) is 0 Å². The molecule has 0 saturated carbocycles. The van der Waals surface area contributed by atoms with E-state index >= 15 is 0 Å². The van der Waals surface area contributed by atoms with Gasteiger partial charge in [-0.1, -0.05) is 13.8 Å². The molecule has 1 aliphatic rings. The lowest BCUT2D eigenvalue weighted by molar-refractivity contribution is -0.138. The molecular formula is C10H18BNO4. The smallest absolute Gasteiger partial charge is 0.410 e. The van der Waals surface area contributed by atoms with Crippen molar-refractivity contribution in [2.75, 3.05) is 13.2 Å². The fraction of sp³-hybridized carbons (Fsp3) is 0.800. The third kappa shape index (κ3) is 3.15. The van der Waals surface area contributed by atoms with Crippen LogP contribution in [0, 0.1) is 5.92 Å². The molecule has 16 heavy (non-hydrogen) atoms. The van der Waals surface area contributed by atoms with E-state index in [9.17, 15) is 9.59 Å². The van der Waals surface area contributed by atoms with Crippen molar-refractivity contribution in [3.63, 3.8) is 0 Å². The van der Waals surface area contributed by atoms with Crippen LogP contribution in [-0.4, -0.2) is 44.2 Å². The Hall–Kier alpha value is -1.20. The molecule has 90 valence electrons. The van der Waals surface area contributed by atoms with Gasteiger partial charge in [0.2, 0.25) is 0 Å². The second-order valence-corrected chi connectivity index (χ2v) is 4.35. The summed E-state index contributed by atoms with van der Waals surface area (Å²) in [6.45, 7) is 4.88. The van der Waals surface area contributed by atoms with Gasteiger partial charge in [-0.25, -0.2) is 4.79 Å². The zero-order valence-electron chi connectivity index (χ0n) is 10.1. The average Bonchev–Trinajstić information content (AvgIpc) is 2.73. The number of carbonyl (C=O) groups excluding carboxylic acids is 2. The Morgan fingerprint density at radius 3 is 2.75 bits per heavy atom. The summed E-state index contributed by atoms with van der Waals surface area (Å²) in [5.41, 5.74) is 0. The van der Waals surface area contributed by atoms with E-state index in [-0.39, 0.29) is 5.97 Å². The number of ether oxygens (including phenoxy) is 1. The summed E-state index contributed by atoms with van der Waals surface area (Å²) < 4.78 is 9.74. The molecule has 0 radical (unpaired) electrons. The maximum atomic E-state index is 11.7. The minimum absolute atomic E-state index is 0.295. The van der Waals surface area contributed by atoms with Gasteiger partial charge in [-0.3, -0.25) is 9.69 Å². The molecule has 1 amide bonds. The minimum Gasteiger partial charge on any atom is -0.542 e. The molecule has 0 N–H and O–H groups in total. The molecule has 0 aromatic carbocycles. The highest BCUT2D eigenvalue weighted by Gasteiger charge is 2.35. The Kier molecular flexibility index (Phi) is 4.64. The predicted molar refractivity (Wildman–Crippen MR) is 60.6 cm³/mol. The third-order valence-corrected chi connectivity index (χ3v) is 2.50. The van der Waals surface area contributed by atoms with Gasteiger partial charge in [-0.05, 0) is 18.8 Å². The van der Waals surface area contributed by atoms with Gasteiger partial charge in [-0.15, -0.1) is 0 Å². The first-order chi connectivity index (χ1) is 7.56. The van der Waals surface area contributed by atoms with Gasteiger partial charge in [0, 0.05) is 6.54 Å². The summed E-state index contributed by atoms with van der Waals surface area (Å²) in [7, 11) is 1.33. The molecule has 0 unspecified atom stereocenters. The van der Waals surface area contributed by atoms with E-state index in [2.05, 4.69) is 4.65 Å². The molecule has 1 atom stereocenters. The molecule has 1 aliphatic heterocycles. The normalized spacial score (nSPS) is 19.9. The van der Waals surface area contributed by atoms with Crippen LogP contribution in [0.25, 0.3) is 0 Å². The van der Waals surface area contributed by atoms with Crippen LogP contribution in [-0.2, 0) is 14.2 Å². The van der Waals surface area contributed by atoms with Crippen LogP contribution in [0.2, 0.25) is 0 Å². The van der Waals surface area contributed by atoms with E-state index in [1.54, 1.807) is 0 Å². The van der Waals surface area contributed by atoms with E-state index in [4.69, 9.17) is 4.74 Å². The summed E-state index contributed by atoms with van der Waals surface area (Å²) in [5.74, 6) is -0.0675.